The number of alkyl halides is 3. The maximum atomic E-state index is 12.3. The van der Waals surface area contributed by atoms with E-state index < -0.39 is 18.6 Å². The number of nitrogens with zero attached hydrogens (tertiary/aromatic N) is 1. The summed E-state index contributed by atoms with van der Waals surface area (Å²) in [5.41, 5.74) is 1.13. The first-order valence-corrected chi connectivity index (χ1v) is 9.70. The van der Waals surface area contributed by atoms with Gasteiger partial charge in [-0.1, -0.05) is 23.2 Å². The molecule has 0 aromatic heterocycles. The van der Waals surface area contributed by atoms with Crippen LogP contribution in [0.2, 0.25) is 10.0 Å². The fraction of sp³-hybridized carbons (Fsp3) is 0.300. The zero-order valence-corrected chi connectivity index (χ0v) is 17.5. The minimum Gasteiger partial charge on any atom is -0.352 e. The molecule has 10 heteroatoms. The van der Waals surface area contributed by atoms with Crippen molar-refractivity contribution in [1.29, 1.82) is 0 Å². The first-order chi connectivity index (χ1) is 14.0. The van der Waals surface area contributed by atoms with Crippen molar-refractivity contribution >= 4 is 40.7 Å². The normalized spacial score (nSPS) is 11.4. The number of nitrogens with one attached hydrogen (secondary N) is 2. The summed E-state index contributed by atoms with van der Waals surface area (Å²) < 4.78 is 36.8. The number of hydrogen-bond donors (Lipinski definition) is 2. The van der Waals surface area contributed by atoms with Crippen LogP contribution >= 0.6 is 23.2 Å². The second kappa shape index (κ2) is 10.7. The van der Waals surface area contributed by atoms with Gasteiger partial charge in [-0.25, -0.2) is 0 Å². The molecule has 162 valence electrons. The molecule has 0 spiro atoms. The Labute approximate surface area is 182 Å². The van der Waals surface area contributed by atoms with Gasteiger partial charge in [-0.05, 0) is 62.5 Å². The van der Waals surface area contributed by atoms with Gasteiger partial charge in [0.05, 0.1) is 6.54 Å². The van der Waals surface area contributed by atoms with E-state index in [1.807, 2.05) is 0 Å². The fourth-order valence-corrected chi connectivity index (χ4v) is 3.16. The molecule has 30 heavy (non-hydrogen) atoms. The molecule has 0 heterocycles. The monoisotopic (exact) mass is 461 g/mol. The van der Waals surface area contributed by atoms with Gasteiger partial charge < -0.3 is 10.6 Å². The van der Waals surface area contributed by atoms with Crippen LogP contribution in [-0.2, 0) is 0 Å². The Balaban J connectivity index is 1.82. The fourth-order valence-electron chi connectivity index (χ4n) is 2.63. The number of amides is 2. The summed E-state index contributed by atoms with van der Waals surface area (Å²) in [6.07, 6.45) is -3.86. The van der Waals surface area contributed by atoms with Crippen molar-refractivity contribution in [2.45, 2.75) is 12.6 Å². The molecule has 0 fully saturated rings. The van der Waals surface area contributed by atoms with E-state index in [4.69, 9.17) is 23.2 Å². The van der Waals surface area contributed by atoms with Gasteiger partial charge >= 0.3 is 6.18 Å². The van der Waals surface area contributed by atoms with E-state index in [1.54, 1.807) is 12.1 Å². The van der Waals surface area contributed by atoms with E-state index in [2.05, 4.69) is 10.6 Å². The van der Waals surface area contributed by atoms with Crippen LogP contribution in [0.1, 0.15) is 27.1 Å². The lowest BCUT2D eigenvalue weighted by molar-refractivity contribution is -0.143. The van der Waals surface area contributed by atoms with Gasteiger partial charge in [0, 0.05) is 33.4 Å². The molecule has 0 saturated heterocycles. The Morgan fingerprint density at radius 1 is 0.967 bits per heavy atom. The third-order valence-electron chi connectivity index (χ3n) is 3.98. The minimum atomic E-state index is -4.24. The lowest BCUT2D eigenvalue weighted by atomic mass is 10.1. The van der Waals surface area contributed by atoms with Gasteiger partial charge in [0.1, 0.15) is 0 Å². The number of benzene rings is 2. The molecule has 0 aliphatic heterocycles. The number of halogens is 5. The van der Waals surface area contributed by atoms with Gasteiger partial charge in [0.25, 0.3) is 11.8 Å². The summed E-state index contributed by atoms with van der Waals surface area (Å²) in [4.78, 5) is 25.5. The third-order valence-corrected chi connectivity index (χ3v) is 4.42. The third kappa shape index (κ3) is 8.22. The van der Waals surface area contributed by atoms with Gasteiger partial charge in [-0.15, -0.1) is 0 Å². The van der Waals surface area contributed by atoms with E-state index in [-0.39, 0.29) is 19.0 Å². The van der Waals surface area contributed by atoms with E-state index >= 15 is 0 Å². The van der Waals surface area contributed by atoms with E-state index in [0.717, 1.165) is 4.90 Å². The van der Waals surface area contributed by atoms with Crippen LogP contribution < -0.4 is 10.6 Å². The second-order valence-electron chi connectivity index (χ2n) is 6.65. The molecule has 2 amide bonds. The van der Waals surface area contributed by atoms with Crippen molar-refractivity contribution in [2.24, 2.45) is 0 Å². The molecule has 0 bridgehead atoms. The predicted molar refractivity (Wildman–Crippen MR) is 111 cm³/mol. The molecule has 0 aliphatic rings. The van der Waals surface area contributed by atoms with Crippen LogP contribution in [-0.4, -0.2) is 49.6 Å². The lowest BCUT2D eigenvalue weighted by Gasteiger charge is -2.18. The van der Waals surface area contributed by atoms with Crippen LogP contribution in [0.5, 0.6) is 0 Å². The molecule has 0 atom stereocenters. The number of carbonyl (C=O) groups is 2. The molecule has 0 saturated carbocycles. The first-order valence-electron chi connectivity index (χ1n) is 8.94. The van der Waals surface area contributed by atoms with Crippen molar-refractivity contribution in [1.82, 2.24) is 10.2 Å². The summed E-state index contributed by atoms with van der Waals surface area (Å²) in [7, 11) is 1.37. The predicted octanol–water partition coefficient (Wildman–Crippen LogP) is 4.86. The quantitative estimate of drug-likeness (QED) is 0.551. The molecule has 5 nitrogen and oxygen atoms in total. The summed E-state index contributed by atoms with van der Waals surface area (Å²) in [6, 6.07) is 10.7. The second-order valence-corrected chi connectivity index (χ2v) is 7.52. The van der Waals surface area contributed by atoms with Crippen molar-refractivity contribution in [3.05, 3.63) is 63.6 Å². The smallest absolute Gasteiger partial charge is 0.352 e. The Kier molecular flexibility index (Phi) is 8.52. The Morgan fingerprint density at radius 3 is 2.13 bits per heavy atom. The highest BCUT2D eigenvalue weighted by Gasteiger charge is 2.28. The SMILES string of the molecule is CN(CCCNC(=O)c1ccc(NC(=O)c2cc(Cl)cc(Cl)c2)cc1)CC(F)(F)F. The number of anilines is 1. The lowest BCUT2D eigenvalue weighted by Crippen LogP contribution is -2.33. The average molecular weight is 462 g/mol. The summed E-state index contributed by atoms with van der Waals surface area (Å²) in [6.45, 7) is -0.539. The molecule has 2 aromatic carbocycles. The van der Waals surface area contributed by atoms with Gasteiger partial charge in [-0.2, -0.15) is 13.2 Å². The Bertz CT molecular complexity index is 870. The number of hydrogen-bond acceptors (Lipinski definition) is 3. The standard InChI is InChI=1S/C20H20Cl2F3N3O2/c1-28(12-20(23,24)25)8-2-7-26-18(29)13-3-5-17(6-4-13)27-19(30)14-9-15(21)11-16(22)10-14/h3-6,9-11H,2,7-8,12H2,1H3,(H,26,29)(H,27,30). The van der Waals surface area contributed by atoms with Crippen LogP contribution in [0.15, 0.2) is 42.5 Å². The van der Waals surface area contributed by atoms with Crippen LogP contribution in [0.4, 0.5) is 18.9 Å². The zero-order valence-electron chi connectivity index (χ0n) is 16.0. The molecule has 2 aromatic rings. The van der Waals surface area contributed by atoms with Gasteiger partial charge in [0.15, 0.2) is 0 Å². The highest BCUT2D eigenvalue weighted by molar-refractivity contribution is 6.35. The maximum absolute atomic E-state index is 12.3. The van der Waals surface area contributed by atoms with Gasteiger partial charge in [-0.3, -0.25) is 14.5 Å². The van der Waals surface area contributed by atoms with Crippen LogP contribution in [0.3, 0.4) is 0 Å². The van der Waals surface area contributed by atoms with Crippen LogP contribution in [0.25, 0.3) is 0 Å². The van der Waals surface area contributed by atoms with Crippen molar-refractivity contribution in [3.8, 4) is 0 Å². The Hall–Kier alpha value is -2.29. The molecular weight excluding hydrogens is 442 g/mol. The molecule has 2 N–H and O–H groups in total. The number of rotatable bonds is 8. The largest absolute Gasteiger partial charge is 0.401 e. The first kappa shape index (κ1) is 24.0. The van der Waals surface area contributed by atoms with E-state index in [9.17, 15) is 22.8 Å². The van der Waals surface area contributed by atoms with Crippen molar-refractivity contribution in [3.63, 3.8) is 0 Å². The minimum absolute atomic E-state index is 0.207. The Morgan fingerprint density at radius 2 is 1.57 bits per heavy atom. The highest BCUT2D eigenvalue weighted by Crippen LogP contribution is 2.20. The maximum Gasteiger partial charge on any atom is 0.401 e. The zero-order chi connectivity index (χ0) is 22.3. The van der Waals surface area contributed by atoms with E-state index in [1.165, 1.54) is 37.4 Å². The highest BCUT2D eigenvalue weighted by atomic mass is 35.5. The average Bonchev–Trinajstić information content (AvgIpc) is 2.63. The van der Waals surface area contributed by atoms with Crippen molar-refractivity contribution in [2.75, 3.05) is 32.0 Å². The summed E-state index contributed by atoms with van der Waals surface area (Å²) >= 11 is 11.8. The molecule has 0 radical (unpaired) electrons. The molecule has 0 unspecified atom stereocenters. The molecule has 2 rings (SSSR count). The van der Waals surface area contributed by atoms with Crippen LogP contribution in [0, 0.1) is 0 Å². The van der Waals surface area contributed by atoms with Crippen molar-refractivity contribution < 1.29 is 22.8 Å². The molecular formula is C20H20Cl2F3N3O2. The number of carbonyl (C=O) groups excluding carboxylic acids is 2. The summed E-state index contributed by atoms with van der Waals surface area (Å²) in [5, 5.41) is 6.00. The summed E-state index contributed by atoms with van der Waals surface area (Å²) in [5.74, 6) is -0.757. The van der Waals surface area contributed by atoms with Gasteiger partial charge in [0.2, 0.25) is 0 Å². The topological polar surface area (TPSA) is 61.4 Å². The molecule has 0 aliphatic carbocycles. The van der Waals surface area contributed by atoms with E-state index in [0.29, 0.717) is 33.3 Å².